The van der Waals surface area contributed by atoms with E-state index >= 15 is 35.1 Å². The largest absolute Gasteiger partial charge is 0.282 e. The van der Waals surface area contributed by atoms with Gasteiger partial charge in [-0.1, -0.05) is 84.9 Å². The van der Waals surface area contributed by atoms with E-state index in [0.29, 0.717) is 12.2 Å². The topological polar surface area (TPSA) is 20.9 Å². The maximum Gasteiger partial charge on any atom is 0.261 e. The summed E-state index contributed by atoms with van der Waals surface area (Å²) in [5.74, 6) is -71.4. The van der Waals surface area contributed by atoms with Gasteiger partial charge in [0, 0.05) is 11.6 Å². The predicted octanol–water partition coefficient (Wildman–Crippen LogP) is 10.9. The van der Waals surface area contributed by atoms with Crippen LogP contribution in [0.4, 0.5) is 87.8 Å². The van der Waals surface area contributed by atoms with Crippen LogP contribution in [0.25, 0.3) is 16.8 Å². The summed E-state index contributed by atoms with van der Waals surface area (Å²) >= 11 is 0. The van der Waals surface area contributed by atoms with Crippen molar-refractivity contribution in [3.63, 3.8) is 0 Å². The highest BCUT2D eigenvalue weighted by Crippen LogP contribution is 2.31. The third kappa shape index (κ3) is 8.48. The maximum absolute atomic E-state index is 15.4. The van der Waals surface area contributed by atoms with E-state index in [1.165, 1.54) is 5.56 Å². The Labute approximate surface area is 390 Å². The molecule has 7 aromatic carbocycles. The van der Waals surface area contributed by atoms with Crippen molar-refractivity contribution in [1.82, 2.24) is 0 Å². The van der Waals surface area contributed by atoms with Gasteiger partial charge < -0.3 is 0 Å². The molecular formula is C49H20BF20NO. The molecule has 0 bridgehead atoms. The summed E-state index contributed by atoms with van der Waals surface area (Å²) in [6.07, 6.45) is -1.68. The van der Waals surface area contributed by atoms with E-state index in [-0.39, 0.29) is 5.78 Å². The minimum Gasteiger partial charge on any atom is -0.282 e. The number of pyridine rings is 1. The molecule has 0 aliphatic heterocycles. The molecule has 0 amide bonds. The van der Waals surface area contributed by atoms with Gasteiger partial charge in [-0.2, -0.15) is 4.57 Å². The van der Waals surface area contributed by atoms with Gasteiger partial charge in [0.15, 0.2) is 82.5 Å². The molecular weight excluding hydrogens is 1010 g/mol. The first-order chi connectivity index (χ1) is 34.0. The Morgan fingerprint density at radius 3 is 1.04 bits per heavy atom. The highest BCUT2D eigenvalue weighted by molar-refractivity contribution is 7.20. The quantitative estimate of drug-likeness (QED) is 0.0268. The van der Waals surface area contributed by atoms with Crippen LogP contribution in [0, 0.1) is 116 Å². The average Bonchev–Trinajstić information content (AvgIpc) is 3.38. The van der Waals surface area contributed by atoms with Gasteiger partial charge in [-0.25, -0.2) is 87.8 Å². The third-order valence-electron chi connectivity index (χ3n) is 11.3. The first-order valence-electron chi connectivity index (χ1n) is 20.0. The lowest BCUT2D eigenvalue weighted by Gasteiger charge is -2.44. The number of rotatable bonds is 9. The fourth-order valence-corrected chi connectivity index (χ4v) is 8.13. The van der Waals surface area contributed by atoms with E-state index in [4.69, 9.17) is 0 Å². The number of hydrogen-bond donors (Lipinski definition) is 0. The summed E-state index contributed by atoms with van der Waals surface area (Å²) in [4.78, 5) is 13.1. The fraction of sp³-hybridized carbons (Fsp3) is 0.0204. The van der Waals surface area contributed by atoms with E-state index in [2.05, 4.69) is 18.2 Å². The number of aromatic nitrogens is 1. The number of benzene rings is 7. The SMILES string of the molecule is Fc1c(F)c(F)c([B-](c2c(F)c(F)c(F)c(F)c2F)(c2c(F)c(F)c(F)c(F)c2F)c2c(F)c(F)c(F)c(F)c2F)c(F)c1F.O=C(C=Cc1ccccc1)c1c2ccccc2cc[n+]1Cc1ccccc1. The number of carbonyl (C=O) groups excluding carboxylic acids is 1. The summed E-state index contributed by atoms with van der Waals surface area (Å²) in [5.41, 5.74) is -11.4. The van der Waals surface area contributed by atoms with E-state index in [0.717, 1.165) is 16.3 Å². The molecule has 23 heteroatoms. The van der Waals surface area contributed by atoms with Gasteiger partial charge >= 0.3 is 0 Å². The molecule has 0 atom stereocenters. The Morgan fingerprint density at radius 1 is 0.375 bits per heavy atom. The normalized spacial score (nSPS) is 11.7. The standard InChI is InChI=1S/C25H20NO.C24BF20/c27-24(16-15-20-9-3-1-4-10-20)25-23-14-8-7-13-22(23)17-18-26(25)19-21-11-5-2-6-12-21;26-5-1(6(27)14(35)21(42)13(5)34)25(2-7(28)15(36)22(43)16(37)8(2)29,3-9(30)17(38)23(44)18(39)10(3)31)4-11(32)19(40)24(45)20(41)12(4)33/h1-18H,19H2;/q+1;-1. The van der Waals surface area contributed by atoms with Crippen LogP contribution in [0.15, 0.2) is 103 Å². The lowest BCUT2D eigenvalue weighted by atomic mass is 9.12. The average molecular weight is 1030 g/mol. The highest BCUT2D eigenvalue weighted by atomic mass is 19.2. The Morgan fingerprint density at radius 2 is 0.681 bits per heavy atom. The van der Waals surface area contributed by atoms with Gasteiger partial charge in [-0.15, -0.1) is 21.9 Å². The van der Waals surface area contributed by atoms with Gasteiger partial charge in [-0.3, -0.25) is 4.79 Å². The Bertz CT molecular complexity index is 3140. The van der Waals surface area contributed by atoms with Crippen LogP contribution >= 0.6 is 0 Å². The Hall–Kier alpha value is -7.98. The van der Waals surface area contributed by atoms with Crippen LogP contribution in [0.2, 0.25) is 0 Å². The molecule has 0 unspecified atom stereocenters. The van der Waals surface area contributed by atoms with E-state index in [9.17, 15) is 57.5 Å². The predicted molar refractivity (Wildman–Crippen MR) is 219 cm³/mol. The summed E-state index contributed by atoms with van der Waals surface area (Å²) in [7, 11) is 0. The second-order valence-corrected chi connectivity index (χ2v) is 15.3. The molecule has 0 aliphatic rings. The van der Waals surface area contributed by atoms with E-state index in [1.807, 2.05) is 89.6 Å². The van der Waals surface area contributed by atoms with E-state index in [1.54, 1.807) is 6.08 Å². The molecule has 2 nitrogen and oxygen atoms in total. The number of fused-ring (bicyclic) bond motifs is 1. The molecule has 1 aromatic heterocycles. The molecule has 0 saturated carbocycles. The van der Waals surface area contributed by atoms with Crippen LogP contribution in [-0.2, 0) is 6.54 Å². The molecule has 8 aromatic rings. The van der Waals surface area contributed by atoms with Crippen LogP contribution in [-0.4, -0.2) is 11.9 Å². The second kappa shape index (κ2) is 20.0. The van der Waals surface area contributed by atoms with Crippen LogP contribution in [0.1, 0.15) is 21.6 Å². The zero-order chi connectivity index (χ0) is 52.8. The van der Waals surface area contributed by atoms with Crippen molar-refractivity contribution in [2.24, 2.45) is 0 Å². The van der Waals surface area contributed by atoms with Crippen molar-refractivity contribution in [1.29, 1.82) is 0 Å². The number of hydrogen-bond acceptors (Lipinski definition) is 1. The van der Waals surface area contributed by atoms with Gasteiger partial charge in [0.2, 0.25) is 5.78 Å². The molecule has 0 radical (unpaired) electrons. The van der Waals surface area contributed by atoms with Crippen LogP contribution in [0.5, 0.6) is 0 Å². The smallest absolute Gasteiger partial charge is 0.261 e. The van der Waals surface area contributed by atoms with Crippen molar-refractivity contribution in [3.05, 3.63) is 236 Å². The molecule has 0 N–H and O–H groups in total. The lowest BCUT2D eigenvalue weighted by molar-refractivity contribution is -0.688. The number of nitrogens with zero attached hydrogens (tertiary/aromatic N) is 1. The number of halogens is 20. The molecule has 0 aliphatic carbocycles. The van der Waals surface area contributed by atoms with Crippen molar-refractivity contribution in [2.75, 3.05) is 0 Å². The van der Waals surface area contributed by atoms with Crippen molar-refractivity contribution in [3.8, 4) is 0 Å². The molecule has 370 valence electrons. The minimum absolute atomic E-state index is 0.00610. The lowest BCUT2D eigenvalue weighted by Crippen LogP contribution is -2.81. The van der Waals surface area contributed by atoms with E-state index < -0.39 is 144 Å². The zero-order valence-corrected chi connectivity index (χ0v) is 35.1. The number of ketones is 1. The molecule has 8 rings (SSSR count). The monoisotopic (exact) mass is 1030 g/mol. The summed E-state index contributed by atoms with van der Waals surface area (Å²) in [6, 6.07) is 30.2. The van der Waals surface area contributed by atoms with Crippen molar-refractivity contribution in [2.45, 2.75) is 6.54 Å². The number of carbonyl (C=O) groups is 1. The second-order valence-electron chi connectivity index (χ2n) is 15.3. The summed E-state index contributed by atoms with van der Waals surface area (Å²) in [6.45, 7) is 0.659. The molecule has 0 spiro atoms. The first kappa shape index (κ1) is 51.9. The van der Waals surface area contributed by atoms with Crippen LogP contribution < -0.4 is 26.4 Å². The number of allylic oxidation sites excluding steroid dienone is 1. The van der Waals surface area contributed by atoms with Gasteiger partial charge in [0.1, 0.15) is 52.7 Å². The first-order valence-corrected chi connectivity index (χ1v) is 20.0. The molecule has 72 heavy (non-hydrogen) atoms. The highest BCUT2D eigenvalue weighted by Gasteiger charge is 2.52. The fourth-order valence-electron chi connectivity index (χ4n) is 8.13. The van der Waals surface area contributed by atoms with Gasteiger partial charge in [-0.05, 0) is 23.1 Å². The van der Waals surface area contributed by atoms with Crippen molar-refractivity contribution < 1.29 is 97.2 Å². The summed E-state index contributed by atoms with van der Waals surface area (Å²) in [5, 5.41) is 2.04. The molecule has 0 fully saturated rings. The molecule has 1 heterocycles. The maximum atomic E-state index is 15.4. The van der Waals surface area contributed by atoms with Crippen molar-refractivity contribution >= 4 is 50.6 Å². The Balaban J connectivity index is 0.000000238. The minimum atomic E-state index is -7.22. The van der Waals surface area contributed by atoms with Gasteiger partial charge in [0.25, 0.3) is 5.69 Å². The van der Waals surface area contributed by atoms with Gasteiger partial charge in [0.05, 0.1) is 5.39 Å². The molecule has 0 saturated heterocycles. The summed E-state index contributed by atoms with van der Waals surface area (Å²) < 4.78 is 296. The van der Waals surface area contributed by atoms with Crippen LogP contribution in [0.3, 0.4) is 0 Å². The zero-order valence-electron chi connectivity index (χ0n) is 35.1. The third-order valence-corrected chi connectivity index (χ3v) is 11.3. The Kier molecular flexibility index (Phi) is 14.4.